The van der Waals surface area contributed by atoms with Crippen LogP contribution in [0.25, 0.3) is 0 Å². The fourth-order valence-electron chi connectivity index (χ4n) is 7.15. The largest absolute Gasteiger partial charge is 0.462 e. The van der Waals surface area contributed by atoms with Crippen LogP contribution in [-0.2, 0) is 52.4 Å². The monoisotopic (exact) mass is 598 g/mol. The molecule has 226 valence electrons. The lowest BCUT2D eigenvalue weighted by Gasteiger charge is -2.62. The summed E-state index contributed by atoms with van der Waals surface area (Å²) in [5.41, 5.74) is -3.20. The average Bonchev–Trinajstić information content (AvgIpc) is 3.08. The van der Waals surface area contributed by atoms with Crippen LogP contribution in [0.5, 0.6) is 0 Å². The molecule has 11 atom stereocenters. The molecule has 1 saturated carbocycles. The van der Waals surface area contributed by atoms with Crippen molar-refractivity contribution in [2.75, 3.05) is 0 Å². The first-order valence-electron chi connectivity index (χ1n) is 13.2. The van der Waals surface area contributed by atoms with Gasteiger partial charge in [0.05, 0.1) is 16.7 Å². The van der Waals surface area contributed by atoms with Crippen LogP contribution in [0, 0.1) is 17.3 Å². The molecule has 1 N–H and O–H groups in total. The zero-order chi connectivity index (χ0) is 30.8. The summed E-state index contributed by atoms with van der Waals surface area (Å²) in [6.07, 6.45) is -6.96. The van der Waals surface area contributed by atoms with Crippen molar-refractivity contribution in [1.82, 2.24) is 0 Å². The molecule has 0 unspecified atom stereocenters. The number of ether oxygens (including phenoxy) is 6. The van der Waals surface area contributed by atoms with Crippen molar-refractivity contribution in [2.24, 2.45) is 17.3 Å². The normalized spacial score (nSPS) is 43.4. The van der Waals surface area contributed by atoms with Gasteiger partial charge in [0.25, 0.3) is 0 Å². The first kappa shape index (κ1) is 31.0. The van der Waals surface area contributed by atoms with E-state index in [1.54, 1.807) is 6.92 Å². The van der Waals surface area contributed by atoms with E-state index in [4.69, 9.17) is 40.0 Å². The Balaban J connectivity index is 2.09. The van der Waals surface area contributed by atoms with Crippen molar-refractivity contribution < 1.29 is 57.5 Å². The molecule has 0 amide bonds. The Morgan fingerprint density at radius 1 is 0.951 bits per heavy atom. The molecule has 3 saturated heterocycles. The molecule has 41 heavy (non-hydrogen) atoms. The van der Waals surface area contributed by atoms with E-state index in [0.29, 0.717) is 5.57 Å². The number of carbonyl (C=O) groups excluding carboxylic acids is 5. The van der Waals surface area contributed by atoms with Crippen molar-refractivity contribution in [2.45, 2.75) is 102 Å². The van der Waals surface area contributed by atoms with E-state index >= 15 is 0 Å². The number of fused-ring (bicyclic) bond motifs is 2. The maximum absolute atomic E-state index is 13.1. The quantitative estimate of drug-likeness (QED) is 0.217. The van der Waals surface area contributed by atoms with Gasteiger partial charge in [-0.1, -0.05) is 25.7 Å². The Kier molecular flexibility index (Phi) is 7.85. The molecule has 12 nitrogen and oxygen atoms in total. The molecule has 0 aromatic rings. The third-order valence-corrected chi connectivity index (χ3v) is 9.30. The van der Waals surface area contributed by atoms with Crippen LogP contribution < -0.4 is 0 Å². The highest BCUT2D eigenvalue weighted by Gasteiger charge is 2.77. The first-order valence-corrected chi connectivity index (χ1v) is 13.7. The summed E-state index contributed by atoms with van der Waals surface area (Å²) in [5, 5.41) is 10.9. The highest BCUT2D eigenvalue weighted by atomic mass is 35.5. The van der Waals surface area contributed by atoms with Crippen molar-refractivity contribution in [3.63, 3.8) is 0 Å². The lowest BCUT2D eigenvalue weighted by Crippen LogP contribution is -2.76. The van der Waals surface area contributed by atoms with Gasteiger partial charge in [-0.15, -0.1) is 11.6 Å². The Labute approximate surface area is 242 Å². The van der Waals surface area contributed by atoms with Crippen molar-refractivity contribution in [1.29, 1.82) is 0 Å². The van der Waals surface area contributed by atoms with E-state index in [9.17, 15) is 29.1 Å². The molecule has 1 spiro atoms. The smallest absolute Gasteiger partial charge is 0.312 e. The number of hydrogen-bond acceptors (Lipinski definition) is 12. The Bertz CT molecular complexity index is 1210. The Hall–Kier alpha value is -2.96. The van der Waals surface area contributed by atoms with E-state index in [-0.39, 0.29) is 12.0 Å². The van der Waals surface area contributed by atoms with Gasteiger partial charge in [-0.05, 0) is 6.92 Å². The molecular formula is C28H35ClO12. The Morgan fingerprint density at radius 2 is 1.49 bits per heavy atom. The maximum Gasteiger partial charge on any atom is 0.312 e. The predicted octanol–water partition coefficient (Wildman–Crippen LogP) is 1.88. The third kappa shape index (κ3) is 4.73. The van der Waals surface area contributed by atoms with Crippen LogP contribution in [0.4, 0.5) is 0 Å². The van der Waals surface area contributed by atoms with Crippen molar-refractivity contribution in [3.8, 4) is 0 Å². The average molecular weight is 599 g/mol. The van der Waals surface area contributed by atoms with Crippen molar-refractivity contribution in [3.05, 3.63) is 24.3 Å². The predicted molar refractivity (Wildman–Crippen MR) is 139 cm³/mol. The van der Waals surface area contributed by atoms with Crippen LogP contribution >= 0.6 is 11.6 Å². The Morgan fingerprint density at radius 3 is 2.02 bits per heavy atom. The minimum absolute atomic E-state index is 0.0481. The van der Waals surface area contributed by atoms with E-state index in [2.05, 4.69) is 13.2 Å². The minimum Gasteiger partial charge on any atom is -0.462 e. The summed E-state index contributed by atoms with van der Waals surface area (Å²) in [5.74, 6) is -8.19. The lowest BCUT2D eigenvalue weighted by molar-refractivity contribution is -0.347. The SMILES string of the molecule is C=C1C[C@H](OC(C)=O)[C@H](OC(C)=O)[C@]2(C)[C@@H](OC(C)=O)C[C@@]3(O)O[C@]4([C@@H](C)C(=O)O[C@H]4[C@@H](Cl)C3=C)[C@@H](OC(C)=O)[C@@H]12. The molecule has 2 bridgehead atoms. The molecule has 3 heterocycles. The molecule has 13 heteroatoms. The maximum atomic E-state index is 13.1. The van der Waals surface area contributed by atoms with Crippen LogP contribution in [0.15, 0.2) is 24.3 Å². The van der Waals surface area contributed by atoms with E-state index in [1.807, 2.05) is 0 Å². The van der Waals surface area contributed by atoms with Gasteiger partial charge in [0.1, 0.15) is 24.4 Å². The second-order valence-corrected chi connectivity index (χ2v) is 11.9. The third-order valence-electron chi connectivity index (χ3n) is 8.80. The number of carbonyl (C=O) groups is 5. The minimum atomic E-state index is -2.34. The molecular weight excluding hydrogens is 564 g/mol. The van der Waals surface area contributed by atoms with E-state index in [0.717, 1.165) is 20.8 Å². The summed E-state index contributed by atoms with van der Waals surface area (Å²) in [6.45, 7) is 15.9. The van der Waals surface area contributed by atoms with E-state index in [1.165, 1.54) is 13.8 Å². The number of rotatable bonds is 4. The van der Waals surface area contributed by atoms with Gasteiger partial charge in [0.15, 0.2) is 17.5 Å². The number of hydrogen-bond donors (Lipinski definition) is 1. The summed E-state index contributed by atoms with van der Waals surface area (Å²) in [6, 6.07) is 0. The fraction of sp³-hybridized carbons (Fsp3) is 0.679. The number of halogens is 1. The number of aliphatic hydroxyl groups is 1. The molecule has 4 rings (SSSR count). The molecule has 4 fully saturated rings. The van der Waals surface area contributed by atoms with Gasteiger partial charge < -0.3 is 33.5 Å². The summed E-state index contributed by atoms with van der Waals surface area (Å²) >= 11 is 6.78. The standard InChI is InChI=1S/C28H35ClO12/c1-11-9-18(36-14(4)30)22(38-16(6)32)26(8)19(37-15(5)31)10-27(35)12(2)21(29)24-28(41-27,13(3)25(34)40-24)23(20(11)26)39-17(7)33/h13,18-24,35H,1-2,9-10H2,3-8H3/t13-,18-,19-,20+,21-,22-,23-,24-,26+,27+,28+/m0/s1. The van der Waals surface area contributed by atoms with Crippen LogP contribution in [0.2, 0.25) is 0 Å². The highest BCUT2D eigenvalue weighted by molar-refractivity contribution is 6.23. The van der Waals surface area contributed by atoms with Crippen LogP contribution in [0.1, 0.15) is 54.4 Å². The number of alkyl halides is 1. The van der Waals surface area contributed by atoms with Crippen LogP contribution in [-0.4, -0.2) is 82.2 Å². The summed E-state index contributed by atoms with van der Waals surface area (Å²) in [7, 11) is 0. The summed E-state index contributed by atoms with van der Waals surface area (Å²) in [4.78, 5) is 62.9. The van der Waals surface area contributed by atoms with Crippen molar-refractivity contribution >= 4 is 41.4 Å². The summed E-state index contributed by atoms with van der Waals surface area (Å²) < 4.78 is 35.2. The second-order valence-electron chi connectivity index (χ2n) is 11.5. The van der Waals surface area contributed by atoms with E-state index < -0.39 is 101 Å². The topological polar surface area (TPSA) is 161 Å². The zero-order valence-corrected chi connectivity index (χ0v) is 24.5. The van der Waals surface area contributed by atoms with Gasteiger partial charge in [0, 0.05) is 52.0 Å². The van der Waals surface area contributed by atoms with Gasteiger partial charge in [0.2, 0.25) is 0 Å². The molecule has 0 aromatic carbocycles. The second kappa shape index (κ2) is 10.4. The number of esters is 5. The molecule has 4 aliphatic rings. The first-order chi connectivity index (χ1) is 18.9. The van der Waals surface area contributed by atoms with Gasteiger partial charge in [-0.3, -0.25) is 24.0 Å². The van der Waals surface area contributed by atoms with Gasteiger partial charge >= 0.3 is 29.8 Å². The van der Waals surface area contributed by atoms with Crippen LogP contribution in [0.3, 0.4) is 0 Å². The fourth-order valence-corrected chi connectivity index (χ4v) is 7.57. The van der Waals surface area contributed by atoms with Gasteiger partial charge in [-0.25, -0.2) is 0 Å². The molecule has 0 radical (unpaired) electrons. The lowest BCUT2D eigenvalue weighted by atomic mass is 9.52. The highest BCUT2D eigenvalue weighted by Crippen LogP contribution is 2.62. The molecule has 0 aromatic heterocycles. The van der Waals surface area contributed by atoms with Gasteiger partial charge in [-0.2, -0.15) is 0 Å². The zero-order valence-electron chi connectivity index (χ0n) is 23.8. The molecule has 1 aliphatic carbocycles. The molecule has 3 aliphatic heterocycles.